The quantitative estimate of drug-likeness (QED) is 0.306. The van der Waals surface area contributed by atoms with Crippen molar-refractivity contribution in [2.45, 2.75) is 119 Å². The predicted molar refractivity (Wildman–Crippen MR) is 149 cm³/mol. The van der Waals surface area contributed by atoms with Crippen molar-refractivity contribution in [2.75, 3.05) is 7.11 Å². The zero-order valence-electron chi connectivity index (χ0n) is 25.4. The molecule has 0 aromatic rings. The van der Waals surface area contributed by atoms with Gasteiger partial charge in [-0.2, -0.15) is 0 Å². The highest BCUT2D eigenvalue weighted by atomic mass is 16.5. The Morgan fingerprint density at radius 2 is 1.56 bits per heavy atom. The van der Waals surface area contributed by atoms with E-state index in [1.807, 2.05) is 6.92 Å². The third kappa shape index (κ3) is 3.67. The van der Waals surface area contributed by atoms with E-state index in [0.717, 1.165) is 44.9 Å². The summed E-state index contributed by atoms with van der Waals surface area (Å²) in [5.41, 5.74) is -0.141. The molecule has 5 aliphatic carbocycles. The number of fused-ring (bicyclic) bond motifs is 7. The van der Waals surface area contributed by atoms with Gasteiger partial charge in [-0.25, -0.2) is 0 Å². The molecule has 0 heterocycles. The number of ether oxygens (including phenoxy) is 2. The van der Waals surface area contributed by atoms with Gasteiger partial charge in [-0.3, -0.25) is 14.4 Å². The average Bonchev–Trinajstić information content (AvgIpc) is 2.85. The topological polar surface area (TPSA) is 89.9 Å². The zero-order chi connectivity index (χ0) is 28.8. The summed E-state index contributed by atoms with van der Waals surface area (Å²) in [5.74, 6) is -0.257. The Hall–Kier alpha value is -1.85. The van der Waals surface area contributed by atoms with Crippen molar-refractivity contribution < 1.29 is 29.0 Å². The summed E-state index contributed by atoms with van der Waals surface area (Å²) >= 11 is 0. The molecule has 9 atom stereocenters. The number of hydrogen-bond acceptors (Lipinski definition) is 5. The Kier molecular flexibility index (Phi) is 6.49. The van der Waals surface area contributed by atoms with Gasteiger partial charge in [-0.05, 0) is 105 Å². The van der Waals surface area contributed by atoms with Gasteiger partial charge in [0.2, 0.25) is 0 Å². The molecule has 0 unspecified atom stereocenters. The van der Waals surface area contributed by atoms with E-state index >= 15 is 0 Å². The molecule has 39 heavy (non-hydrogen) atoms. The molecule has 0 saturated heterocycles. The molecule has 0 radical (unpaired) electrons. The van der Waals surface area contributed by atoms with Crippen LogP contribution in [0.3, 0.4) is 0 Å². The number of esters is 2. The van der Waals surface area contributed by atoms with Crippen LogP contribution in [0.5, 0.6) is 0 Å². The highest BCUT2D eigenvalue weighted by Gasteiger charge is 2.70. The van der Waals surface area contributed by atoms with Crippen LogP contribution in [-0.2, 0) is 23.9 Å². The number of hydrogen-bond donors (Lipinski definition) is 1. The van der Waals surface area contributed by atoms with Crippen molar-refractivity contribution in [2.24, 2.45) is 50.2 Å². The minimum absolute atomic E-state index is 0.0472. The van der Waals surface area contributed by atoms with E-state index in [4.69, 9.17) is 9.47 Å². The number of rotatable bonds is 3. The third-order valence-electron chi connectivity index (χ3n) is 13.8. The summed E-state index contributed by atoms with van der Waals surface area (Å²) in [7, 11) is 1.48. The lowest BCUT2D eigenvalue weighted by atomic mass is 9.33. The molecule has 5 aliphatic rings. The maximum atomic E-state index is 13.4. The summed E-state index contributed by atoms with van der Waals surface area (Å²) in [6, 6.07) is 0. The van der Waals surface area contributed by atoms with E-state index in [1.54, 1.807) is 0 Å². The van der Waals surface area contributed by atoms with Gasteiger partial charge in [0, 0.05) is 12.3 Å². The van der Waals surface area contributed by atoms with Gasteiger partial charge in [-0.15, -0.1) is 0 Å². The minimum atomic E-state index is -0.832. The number of carbonyl (C=O) groups excluding carboxylic acids is 2. The lowest BCUT2D eigenvalue weighted by Gasteiger charge is -2.71. The second-order valence-electron chi connectivity index (χ2n) is 15.5. The van der Waals surface area contributed by atoms with E-state index in [2.05, 4.69) is 40.7 Å². The monoisotopic (exact) mass is 542 g/mol. The molecule has 6 heteroatoms. The number of carboxylic acids is 1. The Morgan fingerprint density at radius 1 is 0.897 bits per heavy atom. The molecule has 1 N–H and O–H groups in total. The first-order valence-electron chi connectivity index (χ1n) is 15.2. The van der Waals surface area contributed by atoms with Crippen LogP contribution in [0.1, 0.15) is 113 Å². The maximum absolute atomic E-state index is 13.4. The van der Waals surface area contributed by atoms with Gasteiger partial charge in [0.15, 0.2) is 0 Å². The van der Waals surface area contributed by atoms with Crippen molar-refractivity contribution in [3.8, 4) is 0 Å². The highest BCUT2D eigenvalue weighted by molar-refractivity contribution is 5.80. The Bertz CT molecular complexity index is 1110. The van der Waals surface area contributed by atoms with Gasteiger partial charge in [0.25, 0.3) is 0 Å². The van der Waals surface area contributed by atoms with E-state index in [1.165, 1.54) is 19.6 Å². The van der Waals surface area contributed by atoms with E-state index in [-0.39, 0.29) is 45.6 Å². The molecule has 0 amide bonds. The lowest BCUT2D eigenvalue weighted by molar-refractivity contribution is -0.214. The van der Waals surface area contributed by atoms with E-state index in [9.17, 15) is 19.5 Å². The van der Waals surface area contributed by atoms with Gasteiger partial charge in [-0.1, -0.05) is 46.3 Å². The first-order valence-corrected chi connectivity index (χ1v) is 15.2. The van der Waals surface area contributed by atoms with Crippen molar-refractivity contribution >= 4 is 17.9 Å². The standard InChI is InChI=1S/C33H50O6/c1-20(34)39-25-12-13-30(5)23(28(25,2)3)11-14-32(7)24(30)10-9-21-22-19-29(4,26(35)36)15-17-33(22,27(37)38-8)18-16-31(21,32)6/h9,22-25H,10-19H2,1-8H3,(H,35,36)/t22-,23-,24+,25-,29+,30-,31+,32+,33-/m0/s1. The number of methoxy groups -OCH3 is 1. The molecule has 0 bridgehead atoms. The molecule has 0 aliphatic heterocycles. The average molecular weight is 543 g/mol. The number of allylic oxidation sites excluding steroid dienone is 2. The summed E-state index contributed by atoms with van der Waals surface area (Å²) in [6.45, 7) is 15.4. The second-order valence-corrected chi connectivity index (χ2v) is 15.5. The predicted octanol–water partition coefficient (Wildman–Crippen LogP) is 6.96. The van der Waals surface area contributed by atoms with Crippen molar-refractivity contribution in [1.29, 1.82) is 0 Å². The van der Waals surface area contributed by atoms with Gasteiger partial charge < -0.3 is 14.6 Å². The summed E-state index contributed by atoms with van der Waals surface area (Å²) in [6.07, 6.45) is 10.8. The van der Waals surface area contributed by atoms with Crippen LogP contribution in [0.25, 0.3) is 0 Å². The first kappa shape index (κ1) is 28.7. The van der Waals surface area contributed by atoms with Crippen molar-refractivity contribution in [3.63, 3.8) is 0 Å². The molecular formula is C33H50O6. The lowest BCUT2D eigenvalue weighted by Crippen LogP contribution is -2.65. The summed E-state index contributed by atoms with van der Waals surface area (Å²) < 4.78 is 11.3. The molecule has 6 nitrogen and oxygen atoms in total. The van der Waals surface area contributed by atoms with E-state index in [0.29, 0.717) is 31.1 Å². The van der Waals surface area contributed by atoms with Crippen molar-refractivity contribution in [3.05, 3.63) is 11.6 Å². The fourth-order valence-electron chi connectivity index (χ4n) is 11.2. The molecule has 0 spiro atoms. The Morgan fingerprint density at radius 3 is 2.18 bits per heavy atom. The Labute approximate surface area is 234 Å². The zero-order valence-corrected chi connectivity index (χ0v) is 25.4. The number of carboxylic acid groups (broad SMARTS) is 1. The molecule has 0 aromatic heterocycles. The van der Waals surface area contributed by atoms with Crippen LogP contribution < -0.4 is 0 Å². The SMILES string of the molecule is COC(=O)[C@]12CC[C@@](C)(C(=O)O)C[C@H]1C1=CC[C@@H]3[C@@]4(C)CC[C@H](OC(C)=O)C(C)(C)[C@@H]4CC[C@@]3(C)[C@]1(C)CC2. The second kappa shape index (κ2) is 8.82. The van der Waals surface area contributed by atoms with Crippen LogP contribution in [0.4, 0.5) is 0 Å². The van der Waals surface area contributed by atoms with Gasteiger partial charge in [0.05, 0.1) is 17.9 Å². The normalized spacial score (nSPS) is 48.3. The molecule has 5 rings (SSSR count). The van der Waals surface area contributed by atoms with Crippen LogP contribution in [0.15, 0.2) is 11.6 Å². The van der Waals surface area contributed by atoms with Crippen LogP contribution in [0, 0.1) is 50.2 Å². The fraction of sp³-hybridized carbons (Fsp3) is 0.848. The molecule has 218 valence electrons. The smallest absolute Gasteiger partial charge is 0.312 e. The van der Waals surface area contributed by atoms with Crippen LogP contribution >= 0.6 is 0 Å². The van der Waals surface area contributed by atoms with Crippen LogP contribution in [-0.4, -0.2) is 36.2 Å². The first-order chi connectivity index (χ1) is 18.0. The summed E-state index contributed by atoms with van der Waals surface area (Å²) in [4.78, 5) is 37.8. The van der Waals surface area contributed by atoms with Crippen molar-refractivity contribution in [1.82, 2.24) is 0 Å². The number of carbonyl (C=O) groups is 3. The van der Waals surface area contributed by atoms with E-state index < -0.39 is 16.8 Å². The largest absolute Gasteiger partial charge is 0.481 e. The number of aliphatic carboxylic acids is 1. The van der Waals surface area contributed by atoms with Gasteiger partial charge >= 0.3 is 17.9 Å². The maximum Gasteiger partial charge on any atom is 0.312 e. The molecular weight excluding hydrogens is 492 g/mol. The molecule has 0 aromatic carbocycles. The molecule has 4 saturated carbocycles. The fourth-order valence-corrected chi connectivity index (χ4v) is 11.2. The van der Waals surface area contributed by atoms with Crippen LogP contribution in [0.2, 0.25) is 0 Å². The van der Waals surface area contributed by atoms with Gasteiger partial charge in [0.1, 0.15) is 6.10 Å². The minimum Gasteiger partial charge on any atom is -0.481 e. The highest BCUT2D eigenvalue weighted by Crippen LogP contribution is 2.76. The summed E-state index contributed by atoms with van der Waals surface area (Å²) in [5, 5.41) is 10.2. The third-order valence-corrected chi connectivity index (χ3v) is 13.8. The Balaban J connectivity index is 1.57. The molecule has 4 fully saturated rings.